The zero-order chi connectivity index (χ0) is 22.0. The fourth-order valence-corrected chi connectivity index (χ4v) is 5.52. The van der Waals surface area contributed by atoms with Crippen LogP contribution >= 0.6 is 0 Å². The molecule has 0 radical (unpaired) electrons. The number of nitrogens with zero attached hydrogens (tertiary/aromatic N) is 4. The summed E-state index contributed by atoms with van der Waals surface area (Å²) in [7, 11) is 0. The van der Waals surface area contributed by atoms with Gasteiger partial charge in [-0.1, -0.05) is 73.5 Å². The van der Waals surface area contributed by atoms with Crippen LogP contribution in [0.3, 0.4) is 0 Å². The predicted molar refractivity (Wildman–Crippen MR) is 124 cm³/mol. The number of nitrogens with one attached hydrogen (secondary N) is 1. The summed E-state index contributed by atoms with van der Waals surface area (Å²) in [6.45, 7) is 3.33. The van der Waals surface area contributed by atoms with Crippen molar-refractivity contribution >= 4 is 11.9 Å². The molecule has 1 saturated heterocycles. The van der Waals surface area contributed by atoms with E-state index in [-0.39, 0.29) is 11.9 Å². The maximum atomic E-state index is 12.7. The van der Waals surface area contributed by atoms with Crippen LogP contribution in [-0.2, 0) is 4.79 Å². The average Bonchev–Trinajstić information content (AvgIpc) is 3.29. The second-order valence-corrected chi connectivity index (χ2v) is 9.04. The van der Waals surface area contributed by atoms with Crippen molar-refractivity contribution in [1.82, 2.24) is 15.1 Å². The molecule has 0 unspecified atom stereocenters. The molecule has 2 heterocycles. The van der Waals surface area contributed by atoms with Crippen molar-refractivity contribution in [1.29, 1.82) is 5.26 Å². The summed E-state index contributed by atoms with van der Waals surface area (Å²) in [5, 5.41) is 12.5. The van der Waals surface area contributed by atoms with E-state index in [1.807, 2.05) is 0 Å². The fourth-order valence-electron chi connectivity index (χ4n) is 5.52. The standard InChI is InChI=1S/C26H29N5O/c27-19-22-24(32)28-25(29-26(22)13-7-8-14-26)31-17-15-30(16-18-31)23(20-9-3-1-4-10-20)21-11-5-2-6-12-21/h1-6,9-12,22-23H,7-8,13-18H2,(H,28,29,32)/t22-/m0/s1. The monoisotopic (exact) mass is 427 g/mol. The average molecular weight is 428 g/mol. The quantitative estimate of drug-likeness (QED) is 0.816. The van der Waals surface area contributed by atoms with Crippen molar-refractivity contribution < 1.29 is 4.79 Å². The summed E-state index contributed by atoms with van der Waals surface area (Å²) in [5.74, 6) is -0.192. The van der Waals surface area contributed by atoms with Gasteiger partial charge in [-0.3, -0.25) is 15.0 Å². The van der Waals surface area contributed by atoms with Gasteiger partial charge in [-0.25, -0.2) is 4.99 Å². The van der Waals surface area contributed by atoms with Crippen LogP contribution in [0.5, 0.6) is 0 Å². The van der Waals surface area contributed by atoms with Crippen LogP contribution in [0, 0.1) is 17.2 Å². The number of piperazine rings is 1. The summed E-state index contributed by atoms with van der Waals surface area (Å²) >= 11 is 0. The third kappa shape index (κ3) is 3.78. The maximum absolute atomic E-state index is 12.7. The predicted octanol–water partition coefficient (Wildman–Crippen LogP) is 3.33. The number of aliphatic imine (C=N–C) groups is 1. The van der Waals surface area contributed by atoms with Gasteiger partial charge in [0.15, 0.2) is 5.92 Å². The number of carbonyl (C=O) groups excluding carboxylic acids is 1. The molecule has 1 spiro atoms. The van der Waals surface area contributed by atoms with E-state index in [0.717, 1.165) is 51.9 Å². The largest absolute Gasteiger partial charge is 0.340 e. The molecule has 1 saturated carbocycles. The second-order valence-electron chi connectivity index (χ2n) is 9.04. The Morgan fingerprint density at radius 3 is 2.03 bits per heavy atom. The lowest BCUT2D eigenvalue weighted by Gasteiger charge is -2.43. The molecule has 2 aliphatic heterocycles. The van der Waals surface area contributed by atoms with Gasteiger partial charge in [-0.2, -0.15) is 5.26 Å². The van der Waals surface area contributed by atoms with Gasteiger partial charge in [0, 0.05) is 26.2 Å². The third-order valence-corrected chi connectivity index (χ3v) is 7.17. The van der Waals surface area contributed by atoms with Crippen molar-refractivity contribution in [2.45, 2.75) is 37.3 Å². The Morgan fingerprint density at radius 1 is 0.938 bits per heavy atom. The number of benzene rings is 2. The first kappa shape index (κ1) is 20.7. The second kappa shape index (κ2) is 8.76. The molecule has 0 bridgehead atoms. The summed E-state index contributed by atoms with van der Waals surface area (Å²) in [6.07, 6.45) is 3.72. The lowest BCUT2D eigenvalue weighted by atomic mass is 9.82. The molecular weight excluding hydrogens is 398 g/mol. The number of nitriles is 1. The highest BCUT2D eigenvalue weighted by Gasteiger charge is 2.49. The van der Waals surface area contributed by atoms with E-state index >= 15 is 0 Å². The Labute approximate surface area is 189 Å². The molecule has 0 aromatic heterocycles. The van der Waals surface area contributed by atoms with Gasteiger partial charge in [0.1, 0.15) is 0 Å². The molecule has 2 aromatic rings. The fraction of sp³-hybridized carbons (Fsp3) is 0.423. The van der Waals surface area contributed by atoms with Crippen LogP contribution in [0.25, 0.3) is 0 Å². The van der Waals surface area contributed by atoms with Gasteiger partial charge >= 0.3 is 0 Å². The molecule has 3 aliphatic rings. The van der Waals surface area contributed by atoms with E-state index in [4.69, 9.17) is 4.99 Å². The van der Waals surface area contributed by atoms with Crippen molar-refractivity contribution in [3.8, 4) is 6.07 Å². The van der Waals surface area contributed by atoms with Crippen LogP contribution in [-0.4, -0.2) is 53.4 Å². The van der Waals surface area contributed by atoms with E-state index in [0.29, 0.717) is 5.96 Å². The molecule has 1 aliphatic carbocycles. The molecule has 32 heavy (non-hydrogen) atoms. The van der Waals surface area contributed by atoms with Crippen LogP contribution < -0.4 is 5.32 Å². The Balaban J connectivity index is 1.36. The minimum atomic E-state index is -0.671. The van der Waals surface area contributed by atoms with E-state index in [1.165, 1.54) is 11.1 Å². The smallest absolute Gasteiger partial charge is 0.246 e. The zero-order valence-electron chi connectivity index (χ0n) is 18.3. The lowest BCUT2D eigenvalue weighted by molar-refractivity contribution is -0.124. The highest BCUT2D eigenvalue weighted by molar-refractivity contribution is 6.02. The van der Waals surface area contributed by atoms with E-state index in [2.05, 4.69) is 81.8 Å². The van der Waals surface area contributed by atoms with Crippen molar-refractivity contribution in [3.05, 3.63) is 71.8 Å². The molecular formula is C26H29N5O. The van der Waals surface area contributed by atoms with Gasteiger partial charge in [0.2, 0.25) is 11.9 Å². The van der Waals surface area contributed by atoms with Crippen LogP contribution in [0.4, 0.5) is 0 Å². The van der Waals surface area contributed by atoms with Gasteiger partial charge in [-0.05, 0) is 24.0 Å². The summed E-state index contributed by atoms with van der Waals surface area (Å²) < 4.78 is 0. The van der Waals surface area contributed by atoms with Gasteiger partial charge in [0.05, 0.1) is 17.6 Å². The Hall–Kier alpha value is -3.17. The molecule has 2 aromatic carbocycles. The molecule has 1 N–H and O–H groups in total. The first-order valence-electron chi connectivity index (χ1n) is 11.6. The molecule has 1 atom stereocenters. The molecule has 6 nitrogen and oxygen atoms in total. The number of hydrogen-bond acceptors (Lipinski definition) is 5. The normalized spacial score (nSPS) is 23.1. The first-order valence-corrected chi connectivity index (χ1v) is 11.6. The summed E-state index contributed by atoms with van der Waals surface area (Å²) in [5.41, 5.74) is 2.05. The minimum absolute atomic E-state index is 0.187. The Morgan fingerprint density at radius 2 is 1.50 bits per heavy atom. The van der Waals surface area contributed by atoms with Gasteiger partial charge < -0.3 is 4.90 Å². The minimum Gasteiger partial charge on any atom is -0.340 e. The summed E-state index contributed by atoms with van der Waals surface area (Å²) in [6, 6.07) is 23.7. The Kier molecular flexibility index (Phi) is 5.67. The molecule has 164 valence electrons. The van der Waals surface area contributed by atoms with Crippen molar-refractivity contribution in [2.75, 3.05) is 26.2 Å². The molecule has 5 rings (SSSR count). The van der Waals surface area contributed by atoms with E-state index in [9.17, 15) is 10.1 Å². The van der Waals surface area contributed by atoms with E-state index in [1.54, 1.807) is 0 Å². The molecule has 1 amide bonds. The van der Waals surface area contributed by atoms with E-state index < -0.39 is 11.5 Å². The Bertz CT molecular complexity index is 976. The third-order valence-electron chi connectivity index (χ3n) is 7.17. The first-order chi connectivity index (χ1) is 15.7. The van der Waals surface area contributed by atoms with Gasteiger partial charge in [0.25, 0.3) is 0 Å². The number of rotatable bonds is 3. The van der Waals surface area contributed by atoms with Crippen LogP contribution in [0.15, 0.2) is 65.7 Å². The van der Waals surface area contributed by atoms with Crippen LogP contribution in [0.1, 0.15) is 42.9 Å². The topological polar surface area (TPSA) is 71.7 Å². The van der Waals surface area contributed by atoms with Gasteiger partial charge in [-0.15, -0.1) is 0 Å². The van der Waals surface area contributed by atoms with Crippen LogP contribution in [0.2, 0.25) is 0 Å². The highest BCUT2D eigenvalue weighted by atomic mass is 16.2. The maximum Gasteiger partial charge on any atom is 0.246 e. The van der Waals surface area contributed by atoms with Crippen molar-refractivity contribution in [3.63, 3.8) is 0 Å². The number of carbonyl (C=O) groups is 1. The highest BCUT2D eigenvalue weighted by Crippen LogP contribution is 2.41. The number of guanidine groups is 1. The number of hydrogen-bond donors (Lipinski definition) is 1. The zero-order valence-corrected chi connectivity index (χ0v) is 18.3. The number of amides is 1. The summed E-state index contributed by atoms with van der Waals surface area (Å²) in [4.78, 5) is 22.4. The molecule has 6 heteroatoms. The molecule has 2 fully saturated rings. The van der Waals surface area contributed by atoms with Crippen molar-refractivity contribution in [2.24, 2.45) is 10.9 Å². The SMILES string of the molecule is N#C[C@H]1C(=O)NC(N2CCN(C(c3ccccc3)c3ccccc3)CC2)=NC12CCCC2. The lowest BCUT2D eigenvalue weighted by Crippen LogP contribution is -2.60.